The summed E-state index contributed by atoms with van der Waals surface area (Å²) in [5.74, 6) is 0.0800. The van der Waals surface area contributed by atoms with Crippen LogP contribution in [0.2, 0.25) is 0 Å². The molecular weight excluding hydrogens is 286 g/mol. The molecule has 8 heteroatoms. The fourth-order valence-corrected chi connectivity index (χ4v) is 1.97. The highest BCUT2D eigenvalue weighted by Gasteiger charge is 2.18. The van der Waals surface area contributed by atoms with Crippen molar-refractivity contribution in [2.45, 2.75) is 6.92 Å². The molecule has 112 valence electrons. The number of anilines is 1. The fourth-order valence-electron chi connectivity index (χ4n) is 1.97. The number of aromatic nitrogens is 4. The van der Waals surface area contributed by atoms with Crippen LogP contribution in [-0.4, -0.2) is 37.3 Å². The highest BCUT2D eigenvalue weighted by molar-refractivity contribution is 5.95. The van der Waals surface area contributed by atoms with E-state index in [1.54, 1.807) is 19.1 Å². The summed E-state index contributed by atoms with van der Waals surface area (Å²) in [6, 6.07) is 6.37. The molecule has 0 amide bonds. The highest BCUT2D eigenvalue weighted by Crippen LogP contribution is 2.21. The number of aromatic hydroxyl groups is 1. The van der Waals surface area contributed by atoms with Crippen LogP contribution in [-0.2, 0) is 4.74 Å². The second-order valence-corrected chi connectivity index (χ2v) is 4.47. The number of ether oxygens (including phenoxy) is 1. The minimum Gasteiger partial charge on any atom is -0.508 e. The lowest BCUT2D eigenvalue weighted by Crippen LogP contribution is -2.10. The molecule has 3 rings (SSSR count). The van der Waals surface area contributed by atoms with Crippen LogP contribution in [0, 0.1) is 0 Å². The van der Waals surface area contributed by atoms with Gasteiger partial charge in [0.25, 0.3) is 0 Å². The number of nitrogen functional groups attached to an aromatic ring is 1. The summed E-state index contributed by atoms with van der Waals surface area (Å²) in [6.45, 7) is 1.96. The molecule has 0 fully saturated rings. The molecule has 0 radical (unpaired) electrons. The van der Waals surface area contributed by atoms with E-state index >= 15 is 0 Å². The lowest BCUT2D eigenvalue weighted by atomic mass is 10.2. The summed E-state index contributed by atoms with van der Waals surface area (Å²) < 4.78 is 6.26. The van der Waals surface area contributed by atoms with Crippen LogP contribution in [0.4, 0.5) is 5.95 Å². The van der Waals surface area contributed by atoms with Gasteiger partial charge in [0.15, 0.2) is 11.5 Å². The van der Waals surface area contributed by atoms with Gasteiger partial charge in [0, 0.05) is 11.8 Å². The Labute approximate surface area is 125 Å². The Kier molecular flexibility index (Phi) is 3.34. The van der Waals surface area contributed by atoms with Gasteiger partial charge in [-0.25, -0.2) is 14.8 Å². The monoisotopic (exact) mass is 299 g/mol. The van der Waals surface area contributed by atoms with Crippen molar-refractivity contribution < 1.29 is 14.6 Å². The van der Waals surface area contributed by atoms with Crippen molar-refractivity contribution in [1.29, 1.82) is 0 Å². The largest absolute Gasteiger partial charge is 0.508 e. The minimum absolute atomic E-state index is 0.112. The molecule has 8 nitrogen and oxygen atoms in total. The van der Waals surface area contributed by atoms with Crippen LogP contribution >= 0.6 is 0 Å². The average molecular weight is 299 g/mol. The van der Waals surface area contributed by atoms with Gasteiger partial charge in [-0.2, -0.15) is 4.52 Å². The molecule has 22 heavy (non-hydrogen) atoms. The van der Waals surface area contributed by atoms with E-state index in [0.717, 1.165) is 0 Å². The third kappa shape index (κ3) is 2.30. The standard InChI is InChI=1S/C14H13N5O3/c1-2-22-13(21)10-7-16-14(15)19-12(10)17-11(18-19)8-3-5-9(20)6-4-8/h3-7,20H,2H2,1H3,(H2,15,16). The second-order valence-electron chi connectivity index (χ2n) is 4.47. The van der Waals surface area contributed by atoms with Crippen LogP contribution in [0.1, 0.15) is 17.3 Å². The van der Waals surface area contributed by atoms with Gasteiger partial charge < -0.3 is 15.6 Å². The first-order valence-corrected chi connectivity index (χ1v) is 6.58. The van der Waals surface area contributed by atoms with Crippen LogP contribution < -0.4 is 5.73 Å². The lowest BCUT2D eigenvalue weighted by molar-refractivity contribution is 0.0527. The van der Waals surface area contributed by atoms with E-state index in [4.69, 9.17) is 10.5 Å². The van der Waals surface area contributed by atoms with E-state index in [-0.39, 0.29) is 29.5 Å². The Morgan fingerprint density at radius 2 is 2.09 bits per heavy atom. The molecule has 3 N–H and O–H groups in total. The number of phenols is 1. The molecule has 0 spiro atoms. The second kappa shape index (κ2) is 5.32. The number of esters is 1. The Morgan fingerprint density at radius 1 is 1.36 bits per heavy atom. The maximum atomic E-state index is 11.9. The summed E-state index contributed by atoms with van der Waals surface area (Å²) >= 11 is 0. The van der Waals surface area contributed by atoms with Gasteiger partial charge in [0.2, 0.25) is 5.95 Å². The normalized spacial score (nSPS) is 10.8. The molecule has 0 saturated heterocycles. The lowest BCUT2D eigenvalue weighted by Gasteiger charge is -2.03. The molecule has 0 aliphatic rings. The molecule has 0 aliphatic carbocycles. The molecule has 0 bridgehead atoms. The smallest absolute Gasteiger partial charge is 0.343 e. The fraction of sp³-hybridized carbons (Fsp3) is 0.143. The average Bonchev–Trinajstić information content (AvgIpc) is 2.94. The number of benzene rings is 1. The SMILES string of the molecule is CCOC(=O)c1cnc(N)n2nc(-c3ccc(O)cc3)nc12. The van der Waals surface area contributed by atoms with E-state index in [2.05, 4.69) is 15.1 Å². The quantitative estimate of drug-likeness (QED) is 0.699. The van der Waals surface area contributed by atoms with E-state index in [1.165, 1.54) is 22.8 Å². The van der Waals surface area contributed by atoms with Crippen molar-refractivity contribution in [3.63, 3.8) is 0 Å². The number of hydrogen-bond acceptors (Lipinski definition) is 7. The molecule has 2 heterocycles. The molecule has 0 saturated carbocycles. The van der Waals surface area contributed by atoms with Crippen molar-refractivity contribution in [2.24, 2.45) is 0 Å². The summed E-state index contributed by atoms with van der Waals surface area (Å²) in [4.78, 5) is 20.2. The van der Waals surface area contributed by atoms with Gasteiger partial charge >= 0.3 is 5.97 Å². The highest BCUT2D eigenvalue weighted by atomic mass is 16.5. The first-order chi connectivity index (χ1) is 10.6. The zero-order chi connectivity index (χ0) is 15.7. The van der Waals surface area contributed by atoms with Gasteiger partial charge in [0.05, 0.1) is 6.61 Å². The van der Waals surface area contributed by atoms with Crippen molar-refractivity contribution in [3.8, 4) is 17.1 Å². The number of carbonyl (C=O) groups is 1. The molecular formula is C14H13N5O3. The van der Waals surface area contributed by atoms with Gasteiger partial charge in [-0.15, -0.1) is 5.10 Å². The molecule has 0 atom stereocenters. The van der Waals surface area contributed by atoms with E-state index in [1.807, 2.05) is 0 Å². The van der Waals surface area contributed by atoms with Crippen LogP contribution in [0.3, 0.4) is 0 Å². The summed E-state index contributed by atoms with van der Waals surface area (Å²) in [5, 5.41) is 13.6. The van der Waals surface area contributed by atoms with Gasteiger partial charge in [-0.3, -0.25) is 0 Å². The number of nitrogens with zero attached hydrogens (tertiary/aromatic N) is 4. The molecule has 2 aromatic heterocycles. The maximum absolute atomic E-state index is 11.9. The molecule has 3 aromatic rings. The van der Waals surface area contributed by atoms with Gasteiger partial charge in [-0.05, 0) is 31.2 Å². The predicted octanol–water partition coefficient (Wildman–Crippen LogP) is 1.26. The third-order valence-electron chi connectivity index (χ3n) is 3.01. The van der Waals surface area contributed by atoms with Crippen LogP contribution in [0.25, 0.3) is 17.0 Å². The Bertz CT molecular complexity index is 842. The minimum atomic E-state index is -0.537. The summed E-state index contributed by atoms with van der Waals surface area (Å²) in [5.41, 5.74) is 6.91. The Morgan fingerprint density at radius 3 is 2.77 bits per heavy atom. The maximum Gasteiger partial charge on any atom is 0.343 e. The zero-order valence-electron chi connectivity index (χ0n) is 11.7. The number of hydrogen-bond donors (Lipinski definition) is 2. The zero-order valence-corrected chi connectivity index (χ0v) is 11.7. The number of phenolic OH excluding ortho intramolecular Hbond substituents is 1. The third-order valence-corrected chi connectivity index (χ3v) is 3.01. The topological polar surface area (TPSA) is 116 Å². The van der Waals surface area contributed by atoms with E-state index in [0.29, 0.717) is 11.4 Å². The first kappa shape index (κ1) is 13.8. The summed E-state index contributed by atoms with van der Waals surface area (Å²) in [6.07, 6.45) is 1.32. The Balaban J connectivity index is 2.15. The van der Waals surface area contributed by atoms with E-state index < -0.39 is 5.97 Å². The number of fused-ring (bicyclic) bond motifs is 1. The van der Waals surface area contributed by atoms with Crippen molar-refractivity contribution in [2.75, 3.05) is 12.3 Å². The molecule has 0 unspecified atom stereocenters. The van der Waals surface area contributed by atoms with Crippen molar-refractivity contribution in [3.05, 3.63) is 36.0 Å². The van der Waals surface area contributed by atoms with Gasteiger partial charge in [-0.1, -0.05) is 0 Å². The molecule has 0 aliphatic heterocycles. The van der Waals surface area contributed by atoms with Crippen LogP contribution in [0.15, 0.2) is 30.5 Å². The van der Waals surface area contributed by atoms with Crippen LogP contribution in [0.5, 0.6) is 5.75 Å². The summed E-state index contributed by atoms with van der Waals surface area (Å²) in [7, 11) is 0. The van der Waals surface area contributed by atoms with E-state index in [9.17, 15) is 9.90 Å². The molecule has 1 aromatic carbocycles. The predicted molar refractivity (Wildman–Crippen MR) is 78.3 cm³/mol. The van der Waals surface area contributed by atoms with Gasteiger partial charge in [0.1, 0.15) is 11.3 Å². The number of carbonyl (C=O) groups excluding carboxylic acids is 1. The van der Waals surface area contributed by atoms with Crippen molar-refractivity contribution >= 4 is 17.6 Å². The Hall–Kier alpha value is -3.16. The van der Waals surface area contributed by atoms with Crippen molar-refractivity contribution in [1.82, 2.24) is 19.6 Å². The number of rotatable bonds is 3. The number of nitrogens with two attached hydrogens (primary N) is 1. The first-order valence-electron chi connectivity index (χ1n) is 6.58.